The van der Waals surface area contributed by atoms with E-state index in [1.54, 1.807) is 4.90 Å². The van der Waals surface area contributed by atoms with Gasteiger partial charge in [0, 0.05) is 37.3 Å². The summed E-state index contributed by atoms with van der Waals surface area (Å²) in [6.45, 7) is 8.82. The van der Waals surface area contributed by atoms with E-state index >= 15 is 0 Å². The molecule has 28 heavy (non-hydrogen) atoms. The molecule has 9 nitrogen and oxygen atoms in total. The average molecular weight is 412 g/mol. The Morgan fingerprint density at radius 1 is 1.18 bits per heavy atom. The number of nitrogens with one attached hydrogen (secondary N) is 2. The zero-order valence-corrected chi connectivity index (χ0v) is 17.5. The standard InChI is InChI=1S/C18H29N5O4S/c1-13(2)11-27-18(26)23-6-4-5-22(7-8-23)10-16(25)21-20-15(24)9-17-19-14(3)12-28-17/h12-13H,4-11H2,1-3H3,(H,20,24)(H,21,25). The van der Waals surface area contributed by atoms with Gasteiger partial charge in [-0.05, 0) is 19.3 Å². The lowest BCUT2D eigenvalue weighted by molar-refractivity contribution is -0.129. The number of thiazole rings is 1. The van der Waals surface area contributed by atoms with E-state index < -0.39 is 0 Å². The van der Waals surface area contributed by atoms with E-state index in [1.807, 2.05) is 31.1 Å². The summed E-state index contributed by atoms with van der Waals surface area (Å²) in [5.41, 5.74) is 5.73. The molecule has 156 valence electrons. The maximum absolute atomic E-state index is 12.1. The van der Waals surface area contributed by atoms with Gasteiger partial charge < -0.3 is 9.64 Å². The summed E-state index contributed by atoms with van der Waals surface area (Å²) in [6.07, 6.45) is 0.597. The number of hydrogen-bond donors (Lipinski definition) is 2. The lowest BCUT2D eigenvalue weighted by Crippen LogP contribution is -2.47. The molecule has 0 bridgehead atoms. The van der Waals surface area contributed by atoms with Crippen LogP contribution in [0, 0.1) is 12.8 Å². The van der Waals surface area contributed by atoms with Gasteiger partial charge in [0.25, 0.3) is 5.91 Å². The van der Waals surface area contributed by atoms with E-state index in [2.05, 4.69) is 15.8 Å². The Balaban J connectivity index is 1.68. The van der Waals surface area contributed by atoms with Gasteiger partial charge in [0.15, 0.2) is 0 Å². The van der Waals surface area contributed by atoms with Crippen molar-refractivity contribution in [1.29, 1.82) is 0 Å². The predicted octanol–water partition coefficient (Wildman–Crippen LogP) is 0.942. The van der Waals surface area contributed by atoms with Crippen LogP contribution in [0.3, 0.4) is 0 Å². The van der Waals surface area contributed by atoms with Crippen molar-refractivity contribution in [2.45, 2.75) is 33.6 Å². The first-order valence-corrected chi connectivity index (χ1v) is 10.3. The second-order valence-electron chi connectivity index (χ2n) is 7.24. The minimum Gasteiger partial charge on any atom is -0.449 e. The van der Waals surface area contributed by atoms with E-state index in [9.17, 15) is 14.4 Å². The fourth-order valence-corrected chi connectivity index (χ4v) is 3.46. The van der Waals surface area contributed by atoms with Crippen molar-refractivity contribution >= 4 is 29.2 Å². The number of aromatic nitrogens is 1. The van der Waals surface area contributed by atoms with Gasteiger partial charge >= 0.3 is 6.09 Å². The highest BCUT2D eigenvalue weighted by atomic mass is 32.1. The third-order valence-corrected chi connectivity index (χ3v) is 5.04. The molecule has 0 unspecified atom stereocenters. The Hall–Kier alpha value is -2.20. The Bertz CT molecular complexity index is 679. The third kappa shape index (κ3) is 7.81. The van der Waals surface area contributed by atoms with E-state index in [0.29, 0.717) is 43.7 Å². The first-order valence-electron chi connectivity index (χ1n) is 9.46. The summed E-state index contributed by atoms with van der Waals surface area (Å²) in [4.78, 5) is 43.9. The fourth-order valence-electron chi connectivity index (χ4n) is 2.69. The Morgan fingerprint density at radius 3 is 2.61 bits per heavy atom. The Morgan fingerprint density at radius 2 is 1.93 bits per heavy atom. The normalized spacial score (nSPS) is 15.2. The van der Waals surface area contributed by atoms with Crippen LogP contribution >= 0.6 is 11.3 Å². The zero-order chi connectivity index (χ0) is 20.5. The largest absolute Gasteiger partial charge is 0.449 e. The molecule has 1 aromatic rings. The third-order valence-electron chi connectivity index (χ3n) is 4.07. The molecule has 1 fully saturated rings. The van der Waals surface area contributed by atoms with Crippen molar-refractivity contribution in [2.24, 2.45) is 5.92 Å². The maximum Gasteiger partial charge on any atom is 0.409 e. The van der Waals surface area contributed by atoms with Crippen molar-refractivity contribution in [3.05, 3.63) is 16.1 Å². The summed E-state index contributed by atoms with van der Waals surface area (Å²) in [7, 11) is 0. The van der Waals surface area contributed by atoms with Crippen LogP contribution in [-0.4, -0.2) is 72.0 Å². The second kappa shape index (κ2) is 11.0. The van der Waals surface area contributed by atoms with Gasteiger partial charge in [-0.3, -0.25) is 25.3 Å². The quantitative estimate of drug-likeness (QED) is 0.676. The molecular weight excluding hydrogens is 382 g/mol. The van der Waals surface area contributed by atoms with Crippen LogP contribution in [-0.2, 0) is 20.7 Å². The van der Waals surface area contributed by atoms with Crippen LogP contribution in [0.15, 0.2) is 5.38 Å². The SMILES string of the molecule is Cc1csc(CC(=O)NNC(=O)CN2CCCN(C(=O)OCC(C)C)CC2)n1. The first-order chi connectivity index (χ1) is 13.3. The molecule has 0 saturated carbocycles. The fraction of sp³-hybridized carbons (Fsp3) is 0.667. The number of ether oxygens (including phenoxy) is 1. The molecule has 2 rings (SSSR count). The number of hydrogen-bond acceptors (Lipinski definition) is 7. The van der Waals surface area contributed by atoms with Crippen molar-refractivity contribution in [2.75, 3.05) is 39.3 Å². The van der Waals surface area contributed by atoms with Crippen LogP contribution in [0.2, 0.25) is 0 Å². The summed E-state index contributed by atoms with van der Waals surface area (Å²) < 4.78 is 5.27. The molecular formula is C18H29N5O4S. The number of nitrogens with zero attached hydrogens (tertiary/aromatic N) is 3. The molecule has 2 N–H and O–H groups in total. The van der Waals surface area contributed by atoms with Crippen molar-refractivity contribution in [3.8, 4) is 0 Å². The van der Waals surface area contributed by atoms with Gasteiger partial charge in [0.2, 0.25) is 5.91 Å². The smallest absolute Gasteiger partial charge is 0.409 e. The molecule has 0 spiro atoms. The van der Waals surface area contributed by atoms with Crippen molar-refractivity contribution in [1.82, 2.24) is 25.6 Å². The van der Waals surface area contributed by atoms with Crippen molar-refractivity contribution < 1.29 is 19.1 Å². The topological polar surface area (TPSA) is 104 Å². The maximum atomic E-state index is 12.1. The number of aryl methyl sites for hydroxylation is 1. The van der Waals surface area contributed by atoms with Gasteiger partial charge in [0.1, 0.15) is 5.01 Å². The van der Waals surface area contributed by atoms with Crippen LogP contribution in [0.1, 0.15) is 31.0 Å². The lowest BCUT2D eigenvalue weighted by Gasteiger charge is -2.21. The molecule has 1 saturated heterocycles. The van der Waals surface area contributed by atoms with E-state index in [-0.39, 0.29) is 30.9 Å². The highest BCUT2D eigenvalue weighted by Crippen LogP contribution is 2.09. The Kier molecular flexibility index (Phi) is 8.65. The van der Waals surface area contributed by atoms with Crippen LogP contribution in [0.25, 0.3) is 0 Å². The summed E-state index contributed by atoms with van der Waals surface area (Å²) in [6, 6.07) is 0. The highest BCUT2D eigenvalue weighted by molar-refractivity contribution is 7.09. The van der Waals surface area contributed by atoms with Crippen molar-refractivity contribution in [3.63, 3.8) is 0 Å². The molecule has 0 aliphatic carbocycles. The number of rotatable bonds is 6. The average Bonchev–Trinajstić information content (AvgIpc) is 2.90. The van der Waals surface area contributed by atoms with Gasteiger partial charge in [-0.15, -0.1) is 11.3 Å². The van der Waals surface area contributed by atoms with E-state index in [4.69, 9.17) is 4.74 Å². The van der Waals surface area contributed by atoms with Crippen LogP contribution in [0.5, 0.6) is 0 Å². The molecule has 10 heteroatoms. The lowest BCUT2D eigenvalue weighted by atomic mass is 10.2. The van der Waals surface area contributed by atoms with Gasteiger partial charge in [-0.1, -0.05) is 13.8 Å². The molecule has 0 radical (unpaired) electrons. The highest BCUT2D eigenvalue weighted by Gasteiger charge is 2.21. The molecule has 1 aliphatic rings. The second-order valence-corrected chi connectivity index (χ2v) is 8.19. The Labute approximate surface area is 169 Å². The van der Waals surface area contributed by atoms with Crippen LogP contribution in [0.4, 0.5) is 4.79 Å². The van der Waals surface area contributed by atoms with E-state index in [1.165, 1.54) is 11.3 Å². The number of amides is 3. The first kappa shape index (κ1) is 22.1. The zero-order valence-electron chi connectivity index (χ0n) is 16.7. The molecule has 0 aromatic carbocycles. The molecule has 1 aliphatic heterocycles. The number of hydrazine groups is 1. The van der Waals surface area contributed by atoms with Gasteiger partial charge in [0.05, 0.1) is 19.6 Å². The van der Waals surface area contributed by atoms with Gasteiger partial charge in [-0.25, -0.2) is 9.78 Å². The molecule has 0 atom stereocenters. The van der Waals surface area contributed by atoms with Crippen LogP contribution < -0.4 is 10.9 Å². The summed E-state index contributed by atoms with van der Waals surface area (Å²) >= 11 is 1.41. The number of carbonyl (C=O) groups excluding carboxylic acids is 3. The molecule has 1 aromatic heterocycles. The predicted molar refractivity (Wildman–Crippen MR) is 106 cm³/mol. The summed E-state index contributed by atoms with van der Waals surface area (Å²) in [5, 5.41) is 2.59. The summed E-state index contributed by atoms with van der Waals surface area (Å²) in [5.74, 6) is -0.303. The minimum absolute atomic E-state index is 0.135. The molecule has 3 amide bonds. The minimum atomic E-state index is -0.308. The van der Waals surface area contributed by atoms with E-state index in [0.717, 1.165) is 12.1 Å². The van der Waals surface area contributed by atoms with Gasteiger partial charge in [-0.2, -0.15) is 0 Å². The monoisotopic (exact) mass is 411 g/mol. The molecule has 2 heterocycles. The number of carbonyl (C=O) groups is 3.